The van der Waals surface area contributed by atoms with E-state index in [0.29, 0.717) is 23.0 Å². The van der Waals surface area contributed by atoms with Gasteiger partial charge in [0.15, 0.2) is 6.29 Å². The van der Waals surface area contributed by atoms with Crippen molar-refractivity contribution in [2.75, 3.05) is 11.1 Å². The molecule has 1 aliphatic rings. The van der Waals surface area contributed by atoms with Gasteiger partial charge < -0.3 is 25.0 Å². The van der Waals surface area contributed by atoms with Gasteiger partial charge in [0, 0.05) is 36.3 Å². The molecule has 12 heteroatoms. The van der Waals surface area contributed by atoms with E-state index in [0.717, 1.165) is 22.4 Å². The highest BCUT2D eigenvalue weighted by molar-refractivity contribution is 7.99. The molecule has 0 unspecified atom stereocenters. The molecule has 5 rings (SSSR count). The number of rotatable bonds is 12. The lowest BCUT2D eigenvalue weighted by Crippen LogP contribution is -2.31. The molecule has 1 aliphatic heterocycles. The molecule has 0 saturated carbocycles. The third-order valence-corrected chi connectivity index (χ3v) is 7.74. The zero-order valence-corrected chi connectivity index (χ0v) is 23.5. The fourth-order valence-electron chi connectivity index (χ4n) is 4.58. The van der Waals surface area contributed by atoms with E-state index in [1.165, 1.54) is 11.8 Å². The first-order chi connectivity index (χ1) is 20.5. The second kappa shape index (κ2) is 14.2. The molecule has 2 heterocycles. The van der Waals surface area contributed by atoms with E-state index in [9.17, 15) is 14.7 Å². The maximum Gasteiger partial charge on any atom is 0.303 e. The first kappa shape index (κ1) is 29.4. The van der Waals surface area contributed by atoms with E-state index in [-0.39, 0.29) is 44.0 Å². The number of ether oxygens (including phenoxy) is 2. The molecule has 0 radical (unpaired) electrons. The number of hydrogen-bond donors (Lipinski definition) is 3. The molecule has 3 N–H and O–H groups in total. The van der Waals surface area contributed by atoms with Crippen molar-refractivity contribution in [1.29, 1.82) is 0 Å². The fourth-order valence-corrected chi connectivity index (χ4v) is 5.49. The average Bonchev–Trinajstić information content (AvgIpc) is 3.49. The SMILES string of the molecule is O=C(O)CCCC(=O)Nc1cccc([C@@H]2O[C@H](CSc3nnnn3-c3ccccc3)C[C@H](c3ccc(CO)cc3)O2)c1. The van der Waals surface area contributed by atoms with Crippen LogP contribution in [0.4, 0.5) is 5.69 Å². The van der Waals surface area contributed by atoms with Crippen LogP contribution in [0.2, 0.25) is 0 Å². The largest absolute Gasteiger partial charge is 0.481 e. The van der Waals surface area contributed by atoms with Gasteiger partial charge in [-0.15, -0.1) is 5.10 Å². The number of aliphatic hydroxyl groups excluding tert-OH is 1. The summed E-state index contributed by atoms with van der Waals surface area (Å²) >= 11 is 1.49. The van der Waals surface area contributed by atoms with E-state index in [2.05, 4.69) is 20.8 Å². The standard InChI is InChI=1S/C30H31N5O6S/c36-18-20-12-14-21(15-13-20)26-17-25(19-42-30-32-33-34-35(30)24-8-2-1-3-9-24)40-29(41-26)22-6-4-7-23(16-22)31-27(37)10-5-11-28(38)39/h1-4,6-9,12-16,25-26,29,36H,5,10-11,17-19H2,(H,31,37)(H,38,39)/t25-,26+,29+/m0/s1. The number of anilines is 1. The molecule has 11 nitrogen and oxygen atoms in total. The monoisotopic (exact) mass is 589 g/mol. The molecule has 1 aromatic heterocycles. The van der Waals surface area contributed by atoms with Gasteiger partial charge in [-0.2, -0.15) is 4.68 Å². The summed E-state index contributed by atoms with van der Waals surface area (Å²) in [7, 11) is 0. The number of aromatic nitrogens is 4. The number of aliphatic hydroxyl groups is 1. The molecule has 42 heavy (non-hydrogen) atoms. The number of carboxylic acid groups (broad SMARTS) is 1. The van der Waals surface area contributed by atoms with Crippen LogP contribution in [0.1, 0.15) is 54.8 Å². The van der Waals surface area contributed by atoms with Gasteiger partial charge in [0.1, 0.15) is 0 Å². The minimum atomic E-state index is -0.929. The van der Waals surface area contributed by atoms with Crippen LogP contribution in [0.25, 0.3) is 5.69 Å². The van der Waals surface area contributed by atoms with Crippen molar-refractivity contribution in [3.05, 3.63) is 95.6 Å². The number of hydrogen-bond acceptors (Lipinski definition) is 9. The van der Waals surface area contributed by atoms with E-state index < -0.39 is 12.3 Å². The summed E-state index contributed by atoms with van der Waals surface area (Å²) in [6.07, 6.45) is -0.294. The van der Waals surface area contributed by atoms with Gasteiger partial charge in [-0.1, -0.05) is 66.4 Å². The van der Waals surface area contributed by atoms with E-state index in [1.807, 2.05) is 66.7 Å². The van der Waals surface area contributed by atoms with Crippen molar-refractivity contribution in [2.24, 2.45) is 0 Å². The third kappa shape index (κ3) is 7.79. The Morgan fingerprint density at radius 1 is 0.976 bits per heavy atom. The number of amides is 1. The Morgan fingerprint density at radius 2 is 1.79 bits per heavy atom. The summed E-state index contributed by atoms with van der Waals surface area (Å²) in [6.45, 7) is -0.0399. The highest BCUT2D eigenvalue weighted by Gasteiger charge is 2.33. The molecule has 3 atom stereocenters. The number of aliphatic carboxylic acids is 1. The molecular formula is C30H31N5O6S. The smallest absolute Gasteiger partial charge is 0.303 e. The molecular weight excluding hydrogens is 558 g/mol. The van der Waals surface area contributed by atoms with Gasteiger partial charge in [-0.3, -0.25) is 9.59 Å². The van der Waals surface area contributed by atoms with Crippen LogP contribution in [0, 0.1) is 0 Å². The van der Waals surface area contributed by atoms with Crippen molar-refractivity contribution in [2.45, 2.75) is 55.9 Å². The Labute approximate surface area is 246 Å². The third-order valence-electron chi connectivity index (χ3n) is 6.69. The molecule has 4 aromatic rings. The zero-order valence-electron chi connectivity index (χ0n) is 22.7. The maximum absolute atomic E-state index is 12.3. The van der Waals surface area contributed by atoms with Crippen LogP contribution in [0.3, 0.4) is 0 Å². The summed E-state index contributed by atoms with van der Waals surface area (Å²) in [5, 5.41) is 34.0. The molecule has 1 fully saturated rings. The molecule has 0 spiro atoms. The van der Waals surface area contributed by atoms with Crippen molar-refractivity contribution < 1.29 is 29.3 Å². The topological polar surface area (TPSA) is 149 Å². The minimum Gasteiger partial charge on any atom is -0.481 e. The van der Waals surface area contributed by atoms with Crippen molar-refractivity contribution >= 4 is 29.3 Å². The predicted molar refractivity (Wildman–Crippen MR) is 155 cm³/mol. The summed E-state index contributed by atoms with van der Waals surface area (Å²) in [4.78, 5) is 23.1. The number of carboxylic acids is 1. The molecule has 1 saturated heterocycles. The second-order valence-corrected chi connectivity index (χ2v) is 10.8. The van der Waals surface area contributed by atoms with Crippen LogP contribution < -0.4 is 5.32 Å². The number of tetrazole rings is 1. The molecule has 1 amide bonds. The molecule has 0 aliphatic carbocycles. The van der Waals surface area contributed by atoms with Crippen molar-refractivity contribution in [3.8, 4) is 5.69 Å². The van der Waals surface area contributed by atoms with Crippen LogP contribution in [-0.4, -0.2) is 54.2 Å². The number of benzene rings is 3. The molecule has 218 valence electrons. The number of carbonyl (C=O) groups is 2. The first-order valence-corrected chi connectivity index (χ1v) is 14.6. The van der Waals surface area contributed by atoms with Crippen LogP contribution in [0.15, 0.2) is 84.0 Å². The van der Waals surface area contributed by atoms with Gasteiger partial charge in [0.25, 0.3) is 0 Å². The summed E-state index contributed by atoms with van der Waals surface area (Å²) in [6, 6.07) is 24.6. The number of thioether (sulfide) groups is 1. The fraction of sp³-hybridized carbons (Fsp3) is 0.300. The number of carbonyl (C=O) groups excluding carboxylic acids is 1. The second-order valence-electron chi connectivity index (χ2n) is 9.79. The predicted octanol–water partition coefficient (Wildman–Crippen LogP) is 4.69. The van der Waals surface area contributed by atoms with Gasteiger partial charge in [-0.05, 0) is 52.2 Å². The minimum absolute atomic E-state index is 0.0399. The highest BCUT2D eigenvalue weighted by atomic mass is 32.2. The summed E-state index contributed by atoms with van der Waals surface area (Å²) in [5.74, 6) is -0.620. The highest BCUT2D eigenvalue weighted by Crippen LogP contribution is 2.39. The number of nitrogens with one attached hydrogen (secondary N) is 1. The zero-order chi connectivity index (χ0) is 29.3. The molecule has 3 aromatic carbocycles. The van der Waals surface area contributed by atoms with Gasteiger partial charge in [0.05, 0.1) is 24.5 Å². The summed E-state index contributed by atoms with van der Waals surface area (Å²) < 4.78 is 14.5. The van der Waals surface area contributed by atoms with Gasteiger partial charge in [0.2, 0.25) is 11.1 Å². The lowest BCUT2D eigenvalue weighted by atomic mass is 10.0. The van der Waals surface area contributed by atoms with Crippen molar-refractivity contribution in [1.82, 2.24) is 20.2 Å². The van der Waals surface area contributed by atoms with Gasteiger partial charge >= 0.3 is 5.97 Å². The Kier molecular flexibility index (Phi) is 9.93. The Balaban J connectivity index is 1.32. The Hall–Kier alpha value is -4.10. The normalized spacial score (nSPS) is 18.5. The number of nitrogens with zero attached hydrogens (tertiary/aromatic N) is 4. The van der Waals surface area contributed by atoms with E-state index in [1.54, 1.807) is 16.8 Å². The van der Waals surface area contributed by atoms with Gasteiger partial charge in [-0.25, -0.2) is 0 Å². The Bertz CT molecular complexity index is 1480. The van der Waals surface area contributed by atoms with E-state index >= 15 is 0 Å². The average molecular weight is 590 g/mol. The maximum atomic E-state index is 12.3. The van der Waals surface area contributed by atoms with Crippen LogP contribution in [-0.2, 0) is 25.7 Å². The lowest BCUT2D eigenvalue weighted by Gasteiger charge is -2.36. The van der Waals surface area contributed by atoms with Crippen molar-refractivity contribution in [3.63, 3.8) is 0 Å². The number of para-hydroxylation sites is 1. The first-order valence-electron chi connectivity index (χ1n) is 13.6. The van der Waals surface area contributed by atoms with E-state index in [4.69, 9.17) is 14.6 Å². The Morgan fingerprint density at radius 3 is 2.55 bits per heavy atom. The van der Waals surface area contributed by atoms with Crippen LogP contribution in [0.5, 0.6) is 0 Å². The van der Waals surface area contributed by atoms with Crippen LogP contribution >= 0.6 is 11.8 Å². The molecule has 0 bridgehead atoms. The lowest BCUT2D eigenvalue weighted by molar-refractivity contribution is -0.245. The summed E-state index contributed by atoms with van der Waals surface area (Å²) in [5.41, 5.74) is 3.95. The quantitative estimate of drug-likeness (QED) is 0.199.